The monoisotopic (exact) mass is 299 g/mol. The predicted molar refractivity (Wildman–Crippen MR) is 84.5 cm³/mol. The molecular weight excluding hydrogens is 277 g/mol. The van der Waals surface area contributed by atoms with Crippen molar-refractivity contribution in [3.05, 3.63) is 24.0 Å². The lowest BCUT2D eigenvalue weighted by Crippen LogP contribution is -2.45. The smallest absolute Gasteiger partial charge is 0.241 e. The van der Waals surface area contributed by atoms with Gasteiger partial charge in [-0.2, -0.15) is 11.8 Å². The number of nitrogens with one attached hydrogen (secondary N) is 1. The Morgan fingerprint density at radius 3 is 2.70 bits per heavy atom. The molecule has 3 N–H and O–H groups in total. The number of likely N-dealkylation sites (N-methyl/N-ethyl adjacent to an activating group) is 1. The van der Waals surface area contributed by atoms with Gasteiger partial charge in [-0.3, -0.25) is 9.69 Å². The standard InChI is InChI=1S/C14H22FN3OS/c1-9(8-20-4)18(3)10(2)14(19)17-13-6-5-11(15)7-12(13)16/h5-7,9-10H,8,16H2,1-4H3,(H,17,19). The van der Waals surface area contributed by atoms with Crippen molar-refractivity contribution >= 4 is 29.0 Å². The highest BCUT2D eigenvalue weighted by Gasteiger charge is 2.22. The Labute approximate surface area is 123 Å². The lowest BCUT2D eigenvalue weighted by atomic mass is 10.2. The van der Waals surface area contributed by atoms with Crippen molar-refractivity contribution in [2.45, 2.75) is 25.9 Å². The van der Waals surface area contributed by atoms with Gasteiger partial charge in [-0.25, -0.2) is 4.39 Å². The summed E-state index contributed by atoms with van der Waals surface area (Å²) in [5, 5.41) is 2.74. The molecule has 0 aliphatic carbocycles. The number of nitrogens with two attached hydrogens (primary N) is 1. The molecule has 0 saturated carbocycles. The van der Waals surface area contributed by atoms with E-state index in [1.165, 1.54) is 18.2 Å². The van der Waals surface area contributed by atoms with Crippen LogP contribution in [0.5, 0.6) is 0 Å². The molecule has 0 aliphatic heterocycles. The molecule has 0 heterocycles. The van der Waals surface area contributed by atoms with E-state index in [9.17, 15) is 9.18 Å². The molecule has 0 aliphatic rings. The maximum absolute atomic E-state index is 13.0. The summed E-state index contributed by atoms with van der Waals surface area (Å²) in [5.74, 6) is 0.380. The molecule has 1 aromatic rings. The van der Waals surface area contributed by atoms with Gasteiger partial charge in [-0.1, -0.05) is 0 Å². The van der Waals surface area contributed by atoms with Crippen LogP contribution in [0.4, 0.5) is 15.8 Å². The number of halogens is 1. The van der Waals surface area contributed by atoms with Crippen LogP contribution in [0, 0.1) is 5.82 Å². The van der Waals surface area contributed by atoms with E-state index in [4.69, 9.17) is 5.73 Å². The molecule has 0 spiro atoms. The average molecular weight is 299 g/mol. The summed E-state index contributed by atoms with van der Waals surface area (Å²) in [5.41, 5.74) is 6.35. The molecule has 1 aromatic carbocycles. The number of amides is 1. The van der Waals surface area contributed by atoms with Crippen LogP contribution >= 0.6 is 11.8 Å². The van der Waals surface area contributed by atoms with Crippen molar-refractivity contribution in [3.8, 4) is 0 Å². The van der Waals surface area contributed by atoms with Crippen molar-refractivity contribution in [1.29, 1.82) is 0 Å². The number of rotatable bonds is 6. The number of benzene rings is 1. The van der Waals surface area contributed by atoms with Crippen LogP contribution in [0.25, 0.3) is 0 Å². The summed E-state index contributed by atoms with van der Waals surface area (Å²) in [6, 6.07) is 3.94. The Kier molecular flexibility index (Phi) is 6.29. The van der Waals surface area contributed by atoms with E-state index in [-0.39, 0.29) is 23.7 Å². The first kappa shape index (κ1) is 16.8. The fourth-order valence-corrected chi connectivity index (χ4v) is 2.53. The van der Waals surface area contributed by atoms with Gasteiger partial charge in [-0.05, 0) is 45.4 Å². The second-order valence-electron chi connectivity index (χ2n) is 4.87. The van der Waals surface area contributed by atoms with Gasteiger partial charge in [0.05, 0.1) is 17.4 Å². The molecule has 2 atom stereocenters. The van der Waals surface area contributed by atoms with Gasteiger partial charge < -0.3 is 11.1 Å². The topological polar surface area (TPSA) is 58.4 Å². The fourth-order valence-electron chi connectivity index (χ4n) is 1.81. The minimum atomic E-state index is -0.417. The number of carbonyl (C=O) groups is 1. The molecule has 6 heteroatoms. The van der Waals surface area contributed by atoms with E-state index >= 15 is 0 Å². The Hall–Kier alpha value is -1.27. The zero-order valence-corrected chi connectivity index (χ0v) is 13.1. The first-order valence-corrected chi connectivity index (χ1v) is 7.83. The van der Waals surface area contributed by atoms with Crippen LogP contribution < -0.4 is 11.1 Å². The highest BCUT2D eigenvalue weighted by molar-refractivity contribution is 7.98. The van der Waals surface area contributed by atoms with Crippen LogP contribution in [-0.4, -0.2) is 41.9 Å². The van der Waals surface area contributed by atoms with E-state index in [0.717, 1.165) is 5.75 Å². The minimum Gasteiger partial charge on any atom is -0.397 e. The zero-order valence-electron chi connectivity index (χ0n) is 12.3. The normalized spacial score (nSPS) is 14.1. The third-order valence-corrected chi connectivity index (χ3v) is 4.18. The highest BCUT2D eigenvalue weighted by Crippen LogP contribution is 2.20. The Morgan fingerprint density at radius 2 is 2.15 bits per heavy atom. The van der Waals surface area contributed by atoms with Gasteiger partial charge in [0.25, 0.3) is 0 Å². The molecule has 20 heavy (non-hydrogen) atoms. The van der Waals surface area contributed by atoms with E-state index in [0.29, 0.717) is 5.69 Å². The second-order valence-corrected chi connectivity index (χ2v) is 5.78. The van der Waals surface area contributed by atoms with Gasteiger partial charge >= 0.3 is 0 Å². The highest BCUT2D eigenvalue weighted by atomic mass is 32.2. The number of hydrogen-bond donors (Lipinski definition) is 2. The summed E-state index contributed by atoms with van der Waals surface area (Å²) in [6.07, 6.45) is 2.04. The molecule has 0 radical (unpaired) electrons. The van der Waals surface area contributed by atoms with Crippen molar-refractivity contribution < 1.29 is 9.18 Å². The van der Waals surface area contributed by atoms with E-state index in [1.54, 1.807) is 11.8 Å². The lowest BCUT2D eigenvalue weighted by molar-refractivity contribution is -0.120. The average Bonchev–Trinajstić information content (AvgIpc) is 2.40. The van der Waals surface area contributed by atoms with Crippen LogP contribution in [0.15, 0.2) is 18.2 Å². The number of anilines is 2. The number of nitrogen functional groups attached to an aromatic ring is 1. The molecule has 0 bridgehead atoms. The fraction of sp³-hybridized carbons (Fsp3) is 0.500. The number of carbonyl (C=O) groups excluding carboxylic acids is 1. The zero-order chi connectivity index (χ0) is 15.3. The van der Waals surface area contributed by atoms with E-state index in [1.807, 2.05) is 25.1 Å². The van der Waals surface area contributed by atoms with Crippen molar-refractivity contribution in [3.63, 3.8) is 0 Å². The van der Waals surface area contributed by atoms with Crippen LogP contribution in [0.3, 0.4) is 0 Å². The first-order valence-electron chi connectivity index (χ1n) is 6.43. The number of nitrogens with zero attached hydrogens (tertiary/aromatic N) is 1. The molecule has 0 aromatic heterocycles. The molecule has 4 nitrogen and oxygen atoms in total. The van der Waals surface area contributed by atoms with Gasteiger partial charge in [-0.15, -0.1) is 0 Å². The molecule has 1 rings (SSSR count). The van der Waals surface area contributed by atoms with Crippen molar-refractivity contribution in [1.82, 2.24) is 4.90 Å². The molecule has 112 valence electrons. The Bertz CT molecular complexity index is 470. The minimum absolute atomic E-state index is 0.154. The molecular formula is C14H22FN3OS. The maximum Gasteiger partial charge on any atom is 0.241 e. The summed E-state index contributed by atoms with van der Waals surface area (Å²) in [4.78, 5) is 14.2. The van der Waals surface area contributed by atoms with Crippen molar-refractivity contribution in [2.75, 3.05) is 30.1 Å². The molecule has 0 saturated heterocycles. The van der Waals surface area contributed by atoms with Crippen LogP contribution in [-0.2, 0) is 4.79 Å². The number of thioether (sulfide) groups is 1. The van der Waals surface area contributed by atoms with Gasteiger partial charge in [0, 0.05) is 11.8 Å². The van der Waals surface area contributed by atoms with Gasteiger partial charge in [0.2, 0.25) is 5.91 Å². The largest absolute Gasteiger partial charge is 0.397 e. The summed E-state index contributed by atoms with van der Waals surface area (Å²) < 4.78 is 13.0. The first-order chi connectivity index (χ1) is 9.36. The molecule has 0 fully saturated rings. The van der Waals surface area contributed by atoms with E-state index < -0.39 is 5.82 Å². The van der Waals surface area contributed by atoms with Gasteiger partial charge in [0.1, 0.15) is 5.82 Å². The Balaban J connectivity index is 2.70. The lowest BCUT2D eigenvalue weighted by Gasteiger charge is -2.29. The van der Waals surface area contributed by atoms with Crippen molar-refractivity contribution in [2.24, 2.45) is 0 Å². The quantitative estimate of drug-likeness (QED) is 0.792. The Morgan fingerprint density at radius 1 is 1.50 bits per heavy atom. The third-order valence-electron chi connectivity index (χ3n) is 3.36. The summed E-state index contributed by atoms with van der Waals surface area (Å²) in [6.45, 7) is 3.92. The summed E-state index contributed by atoms with van der Waals surface area (Å²) in [7, 11) is 1.92. The molecule has 1 amide bonds. The van der Waals surface area contributed by atoms with Crippen LogP contribution in [0.2, 0.25) is 0 Å². The van der Waals surface area contributed by atoms with Crippen LogP contribution in [0.1, 0.15) is 13.8 Å². The third kappa shape index (κ3) is 4.38. The predicted octanol–water partition coefficient (Wildman–Crippen LogP) is 2.42. The molecule has 2 unspecified atom stereocenters. The SMILES string of the molecule is CSCC(C)N(C)C(C)C(=O)Nc1ccc(F)cc1N. The second kappa shape index (κ2) is 7.50. The van der Waals surface area contributed by atoms with Gasteiger partial charge in [0.15, 0.2) is 0 Å². The number of hydrogen-bond acceptors (Lipinski definition) is 4. The van der Waals surface area contributed by atoms with E-state index in [2.05, 4.69) is 12.2 Å². The summed E-state index contributed by atoms with van der Waals surface area (Å²) >= 11 is 1.74. The maximum atomic E-state index is 13.0.